The Hall–Kier alpha value is -0.630. The smallest absolute Gasteiger partial charge is 0.120 e. The Morgan fingerprint density at radius 2 is 2.14 bits per heavy atom. The molecule has 0 radical (unpaired) electrons. The Morgan fingerprint density at radius 3 is 2.71 bits per heavy atom. The maximum Gasteiger partial charge on any atom is 0.120 e. The second kappa shape index (κ2) is 3.85. The summed E-state index contributed by atoms with van der Waals surface area (Å²) in [5, 5.41) is 10.4. The van der Waals surface area contributed by atoms with E-state index in [0.29, 0.717) is 11.0 Å². The highest BCUT2D eigenvalue weighted by Crippen LogP contribution is 2.44. The molecule has 2 rings (SSSR count). The van der Waals surface area contributed by atoms with Gasteiger partial charge < -0.3 is 5.11 Å². The summed E-state index contributed by atoms with van der Waals surface area (Å²) in [6.45, 7) is 4.12. The quantitative estimate of drug-likeness (QED) is 0.761. The molecule has 1 N–H and O–H groups in total. The van der Waals surface area contributed by atoms with Gasteiger partial charge in [-0.15, -0.1) is 0 Å². The molecule has 76 valence electrons. The largest absolute Gasteiger partial charge is 0.508 e. The minimum Gasteiger partial charge on any atom is -0.508 e. The average molecular weight is 208 g/mol. The first-order valence-electron chi connectivity index (χ1n) is 5.10. The molecule has 0 amide bonds. The second-order valence-electron chi connectivity index (χ2n) is 4.02. The van der Waals surface area contributed by atoms with Crippen molar-refractivity contribution in [2.45, 2.75) is 31.9 Å². The lowest BCUT2D eigenvalue weighted by atomic mass is 9.99. The molecule has 1 atom stereocenters. The van der Waals surface area contributed by atoms with Gasteiger partial charge in [0.15, 0.2) is 0 Å². The SMILES string of the molecule is Cc1cc(C)c(C2CCCS2)c(O)c1. The summed E-state index contributed by atoms with van der Waals surface area (Å²) >= 11 is 1.97. The van der Waals surface area contributed by atoms with E-state index in [-0.39, 0.29) is 0 Å². The standard InChI is InChI=1S/C12H16OS/c1-8-6-9(2)12(10(13)7-8)11-4-3-5-14-11/h6-7,11,13H,3-5H2,1-2H3. The second-order valence-corrected chi connectivity index (χ2v) is 5.33. The number of phenolic OH excluding ortho intramolecular Hbond substituents is 1. The van der Waals surface area contributed by atoms with Crippen LogP contribution in [0.3, 0.4) is 0 Å². The fraction of sp³-hybridized carbons (Fsp3) is 0.500. The minimum absolute atomic E-state index is 0.488. The van der Waals surface area contributed by atoms with Crippen molar-refractivity contribution in [2.75, 3.05) is 5.75 Å². The van der Waals surface area contributed by atoms with E-state index in [1.807, 2.05) is 24.8 Å². The number of phenols is 1. The first-order chi connectivity index (χ1) is 6.68. The van der Waals surface area contributed by atoms with Crippen molar-refractivity contribution in [1.29, 1.82) is 0 Å². The van der Waals surface area contributed by atoms with Gasteiger partial charge in [-0.25, -0.2) is 0 Å². The molecule has 1 heterocycles. The lowest BCUT2D eigenvalue weighted by Gasteiger charge is -2.15. The van der Waals surface area contributed by atoms with E-state index < -0.39 is 0 Å². The number of benzene rings is 1. The van der Waals surface area contributed by atoms with Gasteiger partial charge in [0, 0.05) is 10.8 Å². The van der Waals surface area contributed by atoms with Crippen LogP contribution in [0.1, 0.15) is 34.8 Å². The summed E-state index contributed by atoms with van der Waals surface area (Å²) in [7, 11) is 0. The van der Waals surface area contributed by atoms with Gasteiger partial charge in [-0.1, -0.05) is 6.07 Å². The van der Waals surface area contributed by atoms with E-state index in [2.05, 4.69) is 13.0 Å². The zero-order chi connectivity index (χ0) is 10.1. The zero-order valence-corrected chi connectivity index (χ0v) is 9.53. The van der Waals surface area contributed by atoms with Gasteiger partial charge in [-0.2, -0.15) is 11.8 Å². The number of rotatable bonds is 1. The number of aryl methyl sites for hydroxylation is 2. The lowest BCUT2D eigenvalue weighted by molar-refractivity contribution is 0.466. The van der Waals surface area contributed by atoms with Gasteiger partial charge in [0.05, 0.1) is 0 Å². The van der Waals surface area contributed by atoms with Crippen LogP contribution in [0.2, 0.25) is 0 Å². The molecule has 2 heteroatoms. The Balaban J connectivity index is 2.40. The van der Waals surface area contributed by atoms with Crippen molar-refractivity contribution in [3.63, 3.8) is 0 Å². The van der Waals surface area contributed by atoms with Crippen molar-refractivity contribution >= 4 is 11.8 Å². The van der Waals surface area contributed by atoms with E-state index in [1.165, 1.54) is 24.2 Å². The van der Waals surface area contributed by atoms with Gasteiger partial charge in [-0.05, 0) is 49.6 Å². The Bertz CT molecular complexity index is 317. The third-order valence-electron chi connectivity index (χ3n) is 2.76. The van der Waals surface area contributed by atoms with Crippen LogP contribution in [0.5, 0.6) is 5.75 Å². The van der Waals surface area contributed by atoms with Crippen molar-refractivity contribution < 1.29 is 5.11 Å². The molecule has 0 saturated carbocycles. The Morgan fingerprint density at radius 1 is 1.36 bits per heavy atom. The molecule has 1 fully saturated rings. The molecule has 1 aliphatic heterocycles. The third-order valence-corrected chi connectivity index (χ3v) is 4.16. The highest BCUT2D eigenvalue weighted by atomic mass is 32.2. The first-order valence-corrected chi connectivity index (χ1v) is 6.15. The molecule has 0 aliphatic carbocycles. The van der Waals surface area contributed by atoms with Gasteiger partial charge in [-0.3, -0.25) is 0 Å². The van der Waals surface area contributed by atoms with Crippen LogP contribution in [0, 0.1) is 13.8 Å². The Labute approximate surface area is 89.5 Å². The molecule has 0 bridgehead atoms. The summed E-state index contributed by atoms with van der Waals surface area (Å²) in [6.07, 6.45) is 2.49. The number of hydrogen-bond donors (Lipinski definition) is 1. The fourth-order valence-corrected chi connectivity index (χ4v) is 3.61. The average Bonchev–Trinajstić information content (AvgIpc) is 2.54. The topological polar surface area (TPSA) is 20.2 Å². The van der Waals surface area contributed by atoms with E-state index in [0.717, 1.165) is 11.1 Å². The van der Waals surface area contributed by atoms with E-state index in [4.69, 9.17) is 0 Å². The number of thioether (sulfide) groups is 1. The maximum absolute atomic E-state index is 9.92. The molecule has 1 aliphatic rings. The fourth-order valence-electron chi connectivity index (χ4n) is 2.18. The molecule has 1 saturated heterocycles. The molecular weight excluding hydrogens is 192 g/mol. The molecular formula is C12H16OS. The number of aromatic hydroxyl groups is 1. The molecule has 14 heavy (non-hydrogen) atoms. The van der Waals surface area contributed by atoms with E-state index in [1.54, 1.807) is 0 Å². The van der Waals surface area contributed by atoms with Crippen LogP contribution in [-0.4, -0.2) is 10.9 Å². The summed E-state index contributed by atoms with van der Waals surface area (Å²) in [6, 6.07) is 4.04. The molecule has 0 spiro atoms. The summed E-state index contributed by atoms with van der Waals surface area (Å²) in [4.78, 5) is 0. The monoisotopic (exact) mass is 208 g/mol. The predicted octanol–water partition coefficient (Wildman–Crippen LogP) is 3.58. The Kier molecular flexibility index (Phi) is 2.73. The van der Waals surface area contributed by atoms with Gasteiger partial charge >= 0.3 is 0 Å². The highest BCUT2D eigenvalue weighted by molar-refractivity contribution is 7.99. The van der Waals surface area contributed by atoms with Crippen molar-refractivity contribution in [3.05, 3.63) is 28.8 Å². The van der Waals surface area contributed by atoms with Crippen molar-refractivity contribution in [2.24, 2.45) is 0 Å². The van der Waals surface area contributed by atoms with E-state index in [9.17, 15) is 5.11 Å². The van der Waals surface area contributed by atoms with Gasteiger partial charge in [0.25, 0.3) is 0 Å². The molecule has 1 unspecified atom stereocenters. The zero-order valence-electron chi connectivity index (χ0n) is 8.71. The molecule has 1 aromatic carbocycles. The van der Waals surface area contributed by atoms with Crippen LogP contribution in [-0.2, 0) is 0 Å². The summed E-state index contributed by atoms with van der Waals surface area (Å²) in [5.74, 6) is 1.72. The first kappa shape index (κ1) is 9.91. The van der Waals surface area contributed by atoms with Crippen LogP contribution < -0.4 is 0 Å². The van der Waals surface area contributed by atoms with Crippen LogP contribution in [0.15, 0.2) is 12.1 Å². The van der Waals surface area contributed by atoms with Crippen molar-refractivity contribution in [3.8, 4) is 5.75 Å². The molecule has 1 nitrogen and oxygen atoms in total. The lowest BCUT2D eigenvalue weighted by Crippen LogP contribution is -1.94. The van der Waals surface area contributed by atoms with E-state index >= 15 is 0 Å². The summed E-state index contributed by atoms with van der Waals surface area (Å²) < 4.78 is 0. The minimum atomic E-state index is 0.488. The predicted molar refractivity (Wildman–Crippen MR) is 62.0 cm³/mol. The van der Waals surface area contributed by atoms with Gasteiger partial charge in [0.1, 0.15) is 5.75 Å². The maximum atomic E-state index is 9.92. The van der Waals surface area contributed by atoms with Crippen LogP contribution in [0.4, 0.5) is 0 Å². The highest BCUT2D eigenvalue weighted by Gasteiger charge is 2.22. The third kappa shape index (κ3) is 1.76. The summed E-state index contributed by atoms with van der Waals surface area (Å²) in [5.41, 5.74) is 3.55. The number of hydrogen-bond acceptors (Lipinski definition) is 2. The van der Waals surface area contributed by atoms with Gasteiger partial charge in [0.2, 0.25) is 0 Å². The van der Waals surface area contributed by atoms with Crippen molar-refractivity contribution in [1.82, 2.24) is 0 Å². The van der Waals surface area contributed by atoms with Crippen LogP contribution >= 0.6 is 11.8 Å². The molecule has 0 aromatic heterocycles. The molecule has 1 aromatic rings. The normalized spacial score (nSPS) is 21.4. The van der Waals surface area contributed by atoms with Crippen LogP contribution in [0.25, 0.3) is 0 Å².